The van der Waals surface area contributed by atoms with Gasteiger partial charge in [0, 0.05) is 24.8 Å². The van der Waals surface area contributed by atoms with Crippen LogP contribution in [0.5, 0.6) is 17.5 Å². The molecular formula is C23H27N5O4. The zero-order valence-electron chi connectivity index (χ0n) is 18.6. The van der Waals surface area contributed by atoms with Crippen LogP contribution >= 0.6 is 0 Å². The molecule has 2 heterocycles. The summed E-state index contributed by atoms with van der Waals surface area (Å²) in [5.74, 6) is 1.48. The molecule has 9 nitrogen and oxygen atoms in total. The normalized spacial score (nSPS) is 10.5. The number of amides is 1. The minimum absolute atomic E-state index is 0.0828. The Balaban J connectivity index is 2.03. The minimum Gasteiger partial charge on any atom is -0.508 e. The first kappa shape index (κ1) is 22.8. The largest absolute Gasteiger partial charge is 0.508 e. The van der Waals surface area contributed by atoms with Crippen LogP contribution in [0.1, 0.15) is 29.8 Å². The highest BCUT2D eigenvalue weighted by Crippen LogP contribution is 2.29. The molecule has 0 bridgehead atoms. The maximum absolute atomic E-state index is 12.6. The fraction of sp³-hybridized carbons (Fsp3) is 0.304. The van der Waals surface area contributed by atoms with Crippen molar-refractivity contribution in [2.75, 3.05) is 32.2 Å². The summed E-state index contributed by atoms with van der Waals surface area (Å²) in [7, 11) is 3.01. The smallest absolute Gasteiger partial charge is 0.255 e. The van der Waals surface area contributed by atoms with E-state index in [2.05, 4.69) is 15.0 Å². The molecule has 3 aromatic rings. The van der Waals surface area contributed by atoms with Crippen LogP contribution in [0.3, 0.4) is 0 Å². The van der Waals surface area contributed by atoms with Crippen molar-refractivity contribution in [1.82, 2.24) is 19.9 Å². The second-order valence-corrected chi connectivity index (χ2v) is 6.85. The number of aromatic hydroxyl groups is 1. The van der Waals surface area contributed by atoms with Crippen molar-refractivity contribution >= 4 is 17.7 Å². The Kier molecular flexibility index (Phi) is 7.43. The van der Waals surface area contributed by atoms with Gasteiger partial charge in [0.25, 0.3) is 5.91 Å². The van der Waals surface area contributed by atoms with E-state index in [-0.39, 0.29) is 24.1 Å². The number of carbonyl (C=O) groups excluding carboxylic acids is 1. The first-order valence-electron chi connectivity index (χ1n) is 10.3. The predicted octanol–water partition coefficient (Wildman–Crippen LogP) is 3.41. The van der Waals surface area contributed by atoms with Gasteiger partial charge in [-0.2, -0.15) is 9.97 Å². The Labute approximate surface area is 187 Å². The van der Waals surface area contributed by atoms with Crippen LogP contribution in [-0.2, 0) is 6.54 Å². The molecule has 0 fully saturated rings. The lowest BCUT2D eigenvalue weighted by molar-refractivity contribution is 0.0772. The van der Waals surface area contributed by atoms with Crippen molar-refractivity contribution in [2.24, 2.45) is 0 Å². The highest BCUT2D eigenvalue weighted by Gasteiger charge is 2.20. The van der Waals surface area contributed by atoms with Gasteiger partial charge < -0.3 is 19.5 Å². The summed E-state index contributed by atoms with van der Waals surface area (Å²) in [5, 5.41) is 10.3. The van der Waals surface area contributed by atoms with Gasteiger partial charge in [-0.25, -0.2) is 4.98 Å². The van der Waals surface area contributed by atoms with E-state index >= 15 is 0 Å². The molecule has 0 radical (unpaired) electrons. The van der Waals surface area contributed by atoms with E-state index in [1.54, 1.807) is 46.2 Å². The maximum Gasteiger partial charge on any atom is 0.255 e. The van der Waals surface area contributed by atoms with Crippen molar-refractivity contribution in [3.63, 3.8) is 0 Å². The molecular weight excluding hydrogens is 410 g/mol. The van der Waals surface area contributed by atoms with E-state index in [9.17, 15) is 9.90 Å². The number of hydrogen-bond donors (Lipinski definition) is 1. The average molecular weight is 438 g/mol. The van der Waals surface area contributed by atoms with Crippen LogP contribution in [0.25, 0.3) is 0 Å². The molecule has 0 aliphatic heterocycles. The molecule has 1 N–H and O–H groups in total. The predicted molar refractivity (Wildman–Crippen MR) is 121 cm³/mol. The van der Waals surface area contributed by atoms with Crippen molar-refractivity contribution in [3.8, 4) is 17.5 Å². The summed E-state index contributed by atoms with van der Waals surface area (Å²) >= 11 is 0. The molecule has 9 heteroatoms. The third-order valence-electron chi connectivity index (χ3n) is 4.97. The van der Waals surface area contributed by atoms with Gasteiger partial charge >= 0.3 is 0 Å². The Morgan fingerprint density at radius 1 is 1.00 bits per heavy atom. The third-order valence-corrected chi connectivity index (χ3v) is 4.97. The molecule has 0 aliphatic rings. The Morgan fingerprint density at radius 2 is 1.66 bits per heavy atom. The number of carbonyl (C=O) groups is 1. The van der Waals surface area contributed by atoms with Gasteiger partial charge in [0.15, 0.2) is 0 Å². The molecule has 0 aliphatic carbocycles. The first-order chi connectivity index (χ1) is 15.5. The number of rotatable bonds is 9. The zero-order chi connectivity index (χ0) is 23.1. The van der Waals surface area contributed by atoms with Crippen molar-refractivity contribution in [1.29, 1.82) is 0 Å². The average Bonchev–Trinajstić information content (AvgIpc) is 2.84. The third kappa shape index (κ3) is 5.05. The quantitative estimate of drug-likeness (QED) is 0.543. The topological polar surface area (TPSA) is 101 Å². The fourth-order valence-electron chi connectivity index (χ4n) is 3.16. The van der Waals surface area contributed by atoms with E-state index in [0.29, 0.717) is 41.8 Å². The van der Waals surface area contributed by atoms with Gasteiger partial charge in [-0.05, 0) is 32.0 Å². The number of ether oxygens (including phenoxy) is 2. The highest BCUT2D eigenvalue weighted by molar-refractivity contribution is 5.94. The SMILES string of the molecule is CCN(CC)C(=O)c1ccc(N(Cc2ccccc2O)c2nc(OC)cc(OC)n2)nc1. The summed E-state index contributed by atoms with van der Waals surface area (Å²) in [6.45, 7) is 5.34. The van der Waals surface area contributed by atoms with Crippen molar-refractivity contribution in [2.45, 2.75) is 20.4 Å². The number of anilines is 2. The number of phenols is 1. The van der Waals surface area contributed by atoms with Gasteiger partial charge in [0.2, 0.25) is 17.7 Å². The molecule has 168 valence electrons. The minimum atomic E-state index is -0.0828. The molecule has 0 atom stereocenters. The van der Waals surface area contributed by atoms with E-state index in [4.69, 9.17) is 9.47 Å². The Bertz CT molecular complexity index is 1030. The van der Waals surface area contributed by atoms with Crippen molar-refractivity contribution < 1.29 is 19.4 Å². The van der Waals surface area contributed by atoms with E-state index < -0.39 is 0 Å². The van der Waals surface area contributed by atoms with Gasteiger partial charge in [-0.1, -0.05) is 18.2 Å². The molecule has 0 saturated carbocycles. The van der Waals surface area contributed by atoms with Gasteiger partial charge in [-0.15, -0.1) is 0 Å². The number of nitrogens with zero attached hydrogens (tertiary/aromatic N) is 5. The Hall–Kier alpha value is -3.88. The number of para-hydroxylation sites is 1. The molecule has 0 spiro atoms. The van der Waals surface area contributed by atoms with Gasteiger partial charge in [0.1, 0.15) is 11.6 Å². The zero-order valence-corrected chi connectivity index (χ0v) is 18.6. The highest BCUT2D eigenvalue weighted by atomic mass is 16.5. The Morgan fingerprint density at radius 3 is 2.19 bits per heavy atom. The second-order valence-electron chi connectivity index (χ2n) is 6.85. The van der Waals surface area contributed by atoms with Crippen LogP contribution in [0, 0.1) is 0 Å². The summed E-state index contributed by atoms with van der Waals surface area (Å²) in [6, 6.07) is 12.0. The van der Waals surface area contributed by atoms with Crippen LogP contribution in [0.4, 0.5) is 11.8 Å². The first-order valence-corrected chi connectivity index (χ1v) is 10.3. The molecule has 1 amide bonds. The van der Waals surface area contributed by atoms with Crippen LogP contribution < -0.4 is 14.4 Å². The lowest BCUT2D eigenvalue weighted by atomic mass is 10.2. The van der Waals surface area contributed by atoms with Crippen LogP contribution in [0.15, 0.2) is 48.7 Å². The lowest BCUT2D eigenvalue weighted by Crippen LogP contribution is -2.30. The van der Waals surface area contributed by atoms with Crippen molar-refractivity contribution in [3.05, 3.63) is 59.8 Å². The number of benzene rings is 1. The number of hydrogen-bond acceptors (Lipinski definition) is 8. The summed E-state index contributed by atoms with van der Waals surface area (Å²) in [6.07, 6.45) is 1.53. The summed E-state index contributed by atoms with van der Waals surface area (Å²) in [4.78, 5) is 29.4. The number of pyridine rings is 1. The molecule has 32 heavy (non-hydrogen) atoms. The number of aromatic nitrogens is 3. The molecule has 0 saturated heterocycles. The van der Waals surface area contributed by atoms with Crippen LogP contribution in [0.2, 0.25) is 0 Å². The fourth-order valence-corrected chi connectivity index (χ4v) is 3.16. The monoisotopic (exact) mass is 437 g/mol. The number of methoxy groups -OCH3 is 2. The van der Waals surface area contributed by atoms with Crippen LogP contribution in [-0.4, -0.2) is 58.2 Å². The lowest BCUT2D eigenvalue weighted by Gasteiger charge is -2.23. The van der Waals surface area contributed by atoms with Gasteiger partial charge in [-0.3, -0.25) is 9.69 Å². The van der Waals surface area contributed by atoms with Gasteiger partial charge in [0.05, 0.1) is 32.4 Å². The number of phenolic OH excluding ortho intramolecular Hbond substituents is 1. The molecule has 1 aromatic carbocycles. The molecule has 3 rings (SSSR count). The van der Waals surface area contributed by atoms with E-state index in [1.807, 2.05) is 19.9 Å². The maximum atomic E-state index is 12.6. The standard InChI is InChI=1S/C23H27N5O4/c1-5-27(6-2)22(30)16-11-12-19(24-14-16)28(15-17-9-7-8-10-18(17)29)23-25-20(31-3)13-21(26-23)32-4/h7-14,29H,5-6,15H2,1-4H3. The molecule has 2 aromatic heterocycles. The summed E-state index contributed by atoms with van der Waals surface area (Å²) in [5.41, 5.74) is 1.15. The summed E-state index contributed by atoms with van der Waals surface area (Å²) < 4.78 is 10.6. The molecule has 0 unspecified atom stereocenters. The van der Waals surface area contributed by atoms with E-state index in [0.717, 1.165) is 0 Å². The second kappa shape index (κ2) is 10.4. The van der Waals surface area contributed by atoms with E-state index in [1.165, 1.54) is 20.4 Å².